The monoisotopic (exact) mass is 268 g/mol. The highest BCUT2D eigenvalue weighted by Crippen LogP contribution is 2.24. The van der Waals surface area contributed by atoms with E-state index in [0.717, 1.165) is 38.1 Å². The number of rotatable bonds is 2. The third-order valence-corrected chi connectivity index (χ3v) is 4.69. The smallest absolute Gasteiger partial charge is 0.317 e. The van der Waals surface area contributed by atoms with Crippen molar-refractivity contribution in [2.45, 2.75) is 64.5 Å². The zero-order chi connectivity index (χ0) is 13.8. The Morgan fingerprint density at radius 3 is 2.79 bits per heavy atom. The molecule has 2 rings (SSSR count). The zero-order valence-electron chi connectivity index (χ0n) is 12.3. The number of nitrogens with one attached hydrogen (secondary N) is 1. The molecule has 4 atom stereocenters. The molecule has 0 radical (unpaired) electrons. The first kappa shape index (κ1) is 14.6. The van der Waals surface area contributed by atoms with E-state index in [1.807, 2.05) is 11.8 Å². The summed E-state index contributed by atoms with van der Waals surface area (Å²) >= 11 is 0. The highest BCUT2D eigenvalue weighted by molar-refractivity contribution is 5.74. The van der Waals surface area contributed by atoms with Gasteiger partial charge in [0.05, 0.1) is 6.10 Å². The molecule has 2 fully saturated rings. The SMILES string of the molecule is CC1CCCC(NC(=O)N2CCCC(C(C)O)C2)C1. The van der Waals surface area contributed by atoms with Crippen molar-refractivity contribution in [1.29, 1.82) is 0 Å². The molecule has 1 saturated carbocycles. The quantitative estimate of drug-likeness (QED) is 0.808. The van der Waals surface area contributed by atoms with Gasteiger partial charge in [0.25, 0.3) is 0 Å². The molecule has 19 heavy (non-hydrogen) atoms. The van der Waals surface area contributed by atoms with Crippen molar-refractivity contribution in [3.8, 4) is 0 Å². The lowest BCUT2D eigenvalue weighted by Crippen LogP contribution is -2.50. The van der Waals surface area contributed by atoms with Crippen LogP contribution in [0.3, 0.4) is 0 Å². The number of carbonyl (C=O) groups excluding carboxylic acids is 1. The van der Waals surface area contributed by atoms with Gasteiger partial charge < -0.3 is 15.3 Å². The molecule has 0 aromatic rings. The van der Waals surface area contributed by atoms with Crippen LogP contribution in [0.5, 0.6) is 0 Å². The number of aliphatic hydroxyl groups excluding tert-OH is 1. The molecule has 0 spiro atoms. The average Bonchev–Trinajstić information content (AvgIpc) is 2.39. The summed E-state index contributed by atoms with van der Waals surface area (Å²) in [4.78, 5) is 14.2. The first-order valence-electron chi connectivity index (χ1n) is 7.79. The molecule has 1 heterocycles. The van der Waals surface area contributed by atoms with Crippen molar-refractivity contribution in [1.82, 2.24) is 10.2 Å². The topological polar surface area (TPSA) is 52.6 Å². The summed E-state index contributed by atoms with van der Waals surface area (Å²) in [7, 11) is 0. The van der Waals surface area contributed by atoms with Gasteiger partial charge in [0, 0.05) is 25.0 Å². The summed E-state index contributed by atoms with van der Waals surface area (Å²) < 4.78 is 0. The Balaban J connectivity index is 1.82. The fraction of sp³-hybridized carbons (Fsp3) is 0.933. The van der Waals surface area contributed by atoms with Crippen LogP contribution in [0.15, 0.2) is 0 Å². The third kappa shape index (κ3) is 4.10. The first-order chi connectivity index (χ1) is 9.06. The molecular weight excluding hydrogens is 240 g/mol. The van der Waals surface area contributed by atoms with E-state index in [-0.39, 0.29) is 18.1 Å². The van der Waals surface area contributed by atoms with Crippen molar-refractivity contribution in [2.24, 2.45) is 11.8 Å². The largest absolute Gasteiger partial charge is 0.393 e. The Labute approximate surface area is 116 Å². The molecule has 1 saturated heterocycles. The number of aliphatic hydroxyl groups is 1. The number of amides is 2. The average molecular weight is 268 g/mol. The lowest BCUT2D eigenvalue weighted by molar-refractivity contribution is 0.0727. The standard InChI is InChI=1S/C15H28N2O2/c1-11-5-3-7-14(9-11)16-15(19)17-8-4-6-13(10-17)12(2)18/h11-14,18H,3-10H2,1-2H3,(H,16,19). The second kappa shape index (κ2) is 6.60. The van der Waals surface area contributed by atoms with Crippen molar-refractivity contribution < 1.29 is 9.90 Å². The fourth-order valence-corrected chi connectivity index (χ4v) is 3.42. The zero-order valence-corrected chi connectivity index (χ0v) is 12.3. The molecule has 4 nitrogen and oxygen atoms in total. The van der Waals surface area contributed by atoms with Crippen LogP contribution in [-0.2, 0) is 0 Å². The molecule has 2 N–H and O–H groups in total. The minimum Gasteiger partial charge on any atom is -0.393 e. The number of carbonyl (C=O) groups is 1. The van der Waals surface area contributed by atoms with Crippen LogP contribution < -0.4 is 5.32 Å². The van der Waals surface area contributed by atoms with E-state index in [1.54, 1.807) is 0 Å². The maximum absolute atomic E-state index is 12.3. The maximum atomic E-state index is 12.3. The molecule has 1 aliphatic heterocycles. The van der Waals surface area contributed by atoms with E-state index in [2.05, 4.69) is 12.2 Å². The van der Waals surface area contributed by atoms with Gasteiger partial charge >= 0.3 is 6.03 Å². The maximum Gasteiger partial charge on any atom is 0.317 e. The van der Waals surface area contributed by atoms with E-state index >= 15 is 0 Å². The minimum absolute atomic E-state index is 0.0736. The summed E-state index contributed by atoms with van der Waals surface area (Å²) in [6.45, 7) is 5.63. The molecule has 1 aliphatic carbocycles. The lowest BCUT2D eigenvalue weighted by Gasteiger charge is -2.36. The normalized spacial score (nSPS) is 33.8. The highest BCUT2D eigenvalue weighted by Gasteiger charge is 2.28. The van der Waals surface area contributed by atoms with E-state index in [9.17, 15) is 9.90 Å². The summed E-state index contributed by atoms with van der Waals surface area (Å²) in [6, 6.07) is 0.424. The van der Waals surface area contributed by atoms with E-state index < -0.39 is 0 Å². The Morgan fingerprint density at radius 1 is 1.32 bits per heavy atom. The van der Waals surface area contributed by atoms with Gasteiger partial charge in [-0.2, -0.15) is 0 Å². The summed E-state index contributed by atoms with van der Waals surface area (Å²) in [5.74, 6) is 0.968. The molecule has 4 unspecified atom stereocenters. The van der Waals surface area contributed by atoms with Crippen LogP contribution in [-0.4, -0.2) is 41.3 Å². The van der Waals surface area contributed by atoms with Gasteiger partial charge in [0.15, 0.2) is 0 Å². The van der Waals surface area contributed by atoms with Gasteiger partial charge in [-0.15, -0.1) is 0 Å². The van der Waals surface area contributed by atoms with Crippen LogP contribution in [0.2, 0.25) is 0 Å². The van der Waals surface area contributed by atoms with Gasteiger partial charge in [-0.1, -0.05) is 19.8 Å². The van der Waals surface area contributed by atoms with Crippen molar-refractivity contribution in [3.63, 3.8) is 0 Å². The molecular formula is C15H28N2O2. The Hall–Kier alpha value is -0.770. The predicted octanol–water partition coefficient (Wildman–Crippen LogP) is 2.37. The fourth-order valence-electron chi connectivity index (χ4n) is 3.42. The van der Waals surface area contributed by atoms with Gasteiger partial charge in [-0.05, 0) is 38.5 Å². The van der Waals surface area contributed by atoms with Gasteiger partial charge in [0.2, 0.25) is 0 Å². The number of nitrogens with zero attached hydrogens (tertiary/aromatic N) is 1. The van der Waals surface area contributed by atoms with Crippen LogP contribution in [0, 0.1) is 11.8 Å². The molecule has 0 bridgehead atoms. The van der Waals surface area contributed by atoms with Crippen molar-refractivity contribution in [3.05, 3.63) is 0 Å². The Morgan fingerprint density at radius 2 is 2.11 bits per heavy atom. The predicted molar refractivity (Wildman–Crippen MR) is 75.9 cm³/mol. The minimum atomic E-state index is -0.315. The first-order valence-corrected chi connectivity index (χ1v) is 7.79. The number of urea groups is 1. The van der Waals surface area contributed by atoms with Gasteiger partial charge in [0.1, 0.15) is 0 Å². The number of hydrogen-bond acceptors (Lipinski definition) is 2. The summed E-state index contributed by atoms with van der Waals surface area (Å²) in [5.41, 5.74) is 0. The lowest BCUT2D eigenvalue weighted by atomic mass is 9.87. The molecule has 0 aromatic carbocycles. The molecule has 110 valence electrons. The van der Waals surface area contributed by atoms with E-state index in [0.29, 0.717) is 12.6 Å². The Kier molecular flexibility index (Phi) is 5.08. The molecule has 4 heteroatoms. The van der Waals surface area contributed by atoms with Crippen LogP contribution in [0.1, 0.15) is 52.4 Å². The highest BCUT2D eigenvalue weighted by atomic mass is 16.3. The van der Waals surface area contributed by atoms with Crippen LogP contribution in [0.25, 0.3) is 0 Å². The molecule has 0 aromatic heterocycles. The van der Waals surface area contributed by atoms with Crippen LogP contribution >= 0.6 is 0 Å². The van der Waals surface area contributed by atoms with Crippen molar-refractivity contribution in [2.75, 3.05) is 13.1 Å². The van der Waals surface area contributed by atoms with E-state index in [4.69, 9.17) is 0 Å². The Bertz CT molecular complexity index is 307. The molecule has 2 aliphatic rings. The second-order valence-electron chi connectivity index (χ2n) is 6.51. The number of piperidine rings is 1. The van der Waals surface area contributed by atoms with E-state index in [1.165, 1.54) is 12.8 Å². The number of hydrogen-bond donors (Lipinski definition) is 2. The third-order valence-electron chi connectivity index (χ3n) is 4.69. The summed E-state index contributed by atoms with van der Waals surface area (Å²) in [5, 5.41) is 12.9. The van der Waals surface area contributed by atoms with Crippen LogP contribution in [0.4, 0.5) is 4.79 Å². The number of likely N-dealkylation sites (tertiary alicyclic amines) is 1. The summed E-state index contributed by atoms with van der Waals surface area (Å²) in [6.07, 6.45) is 6.46. The molecule has 2 amide bonds. The van der Waals surface area contributed by atoms with Gasteiger partial charge in [-0.3, -0.25) is 0 Å². The second-order valence-corrected chi connectivity index (χ2v) is 6.51. The van der Waals surface area contributed by atoms with Gasteiger partial charge in [-0.25, -0.2) is 4.79 Å². The van der Waals surface area contributed by atoms with Crippen molar-refractivity contribution >= 4 is 6.03 Å².